The molecule has 0 aromatic heterocycles. The minimum atomic E-state index is -3.39. The van der Waals surface area contributed by atoms with Crippen molar-refractivity contribution in [3.8, 4) is 0 Å². The summed E-state index contributed by atoms with van der Waals surface area (Å²) in [6.07, 6.45) is 2.32. The zero-order chi connectivity index (χ0) is 28.1. The fraction of sp³-hybridized carbons (Fsp3) is 0.567. The number of piperidine rings is 1. The minimum Gasteiger partial charge on any atom is -0.302 e. The highest BCUT2D eigenvalue weighted by atomic mass is 32.2. The van der Waals surface area contributed by atoms with Crippen molar-refractivity contribution < 1.29 is 22.0 Å². The van der Waals surface area contributed by atoms with E-state index in [4.69, 9.17) is 0 Å². The van der Waals surface area contributed by atoms with E-state index in [1.54, 1.807) is 38.1 Å². The second-order valence-electron chi connectivity index (χ2n) is 12.0. The molecule has 1 N–H and O–H groups in total. The Hall–Kier alpha value is -2.16. The van der Waals surface area contributed by atoms with Crippen LogP contribution in [0.25, 0.3) is 0 Å². The number of nitrogens with one attached hydrogen (secondary N) is 1. The zero-order valence-corrected chi connectivity index (χ0v) is 24.0. The van der Waals surface area contributed by atoms with E-state index in [0.717, 1.165) is 25.9 Å². The Morgan fingerprint density at radius 3 is 1.97 bits per heavy atom. The summed E-state index contributed by atoms with van der Waals surface area (Å²) < 4.78 is 55.9. The van der Waals surface area contributed by atoms with Gasteiger partial charge in [-0.3, -0.25) is 4.79 Å². The average Bonchev–Trinajstić information content (AvgIpc) is 2.82. The molecular formula is C30H42F2N2O3S. The molecule has 2 aromatic carbocycles. The van der Waals surface area contributed by atoms with Crippen LogP contribution in [-0.4, -0.2) is 50.0 Å². The second kappa shape index (κ2) is 12.8. The summed E-state index contributed by atoms with van der Waals surface area (Å²) in [6, 6.07) is 12.1. The van der Waals surface area contributed by atoms with Gasteiger partial charge in [-0.1, -0.05) is 45.0 Å². The van der Waals surface area contributed by atoms with Crippen LogP contribution in [0.5, 0.6) is 0 Å². The van der Waals surface area contributed by atoms with E-state index in [1.165, 1.54) is 24.3 Å². The molecule has 2 aromatic rings. The molecule has 0 saturated carbocycles. The van der Waals surface area contributed by atoms with E-state index in [1.807, 2.05) is 20.8 Å². The topological polar surface area (TPSA) is 66.5 Å². The molecule has 1 fully saturated rings. The number of hydrogen-bond donors (Lipinski definition) is 1. The number of halogens is 2. The number of hydrogen-bond acceptors (Lipinski definition) is 4. The van der Waals surface area contributed by atoms with Crippen LogP contribution < -0.4 is 4.72 Å². The number of Topliss-reactive ketones (excluding diaryl/α,β-unsaturated/α-hetero) is 1. The summed E-state index contributed by atoms with van der Waals surface area (Å²) in [5, 5.41) is -0.493. The fourth-order valence-electron chi connectivity index (χ4n) is 4.96. The number of rotatable bonds is 11. The molecule has 1 aliphatic heterocycles. The minimum absolute atomic E-state index is 0.0826. The lowest BCUT2D eigenvalue weighted by atomic mass is 9.83. The van der Waals surface area contributed by atoms with Crippen LogP contribution in [-0.2, 0) is 14.8 Å². The van der Waals surface area contributed by atoms with Gasteiger partial charge >= 0.3 is 0 Å². The smallest absolute Gasteiger partial charge is 0.214 e. The standard InChI is InChI=1S/C30H42F2N2O3S/c1-21(2)38(36,37)33-29(30(3,4)5)20-34-14-12-22(13-15-34)16-27(35)19-28(23-8-6-10-25(31)17-23)24-9-7-11-26(32)18-24/h6-11,17-18,21-22,28-29,33H,12-16,19-20H2,1-5H3. The van der Waals surface area contributed by atoms with E-state index >= 15 is 0 Å². The van der Waals surface area contributed by atoms with Gasteiger partial charge in [-0.15, -0.1) is 0 Å². The normalized spacial score (nSPS) is 16.8. The monoisotopic (exact) mass is 548 g/mol. The first-order valence-electron chi connectivity index (χ1n) is 13.5. The summed E-state index contributed by atoms with van der Waals surface area (Å²) in [6.45, 7) is 11.7. The Balaban J connectivity index is 1.60. The Morgan fingerprint density at radius 2 is 1.53 bits per heavy atom. The van der Waals surface area contributed by atoms with Gasteiger partial charge < -0.3 is 4.90 Å². The molecule has 0 amide bonds. The molecule has 1 heterocycles. The fourth-order valence-corrected chi connectivity index (χ4v) is 6.06. The Morgan fingerprint density at radius 1 is 1.00 bits per heavy atom. The third-order valence-electron chi connectivity index (χ3n) is 7.57. The maximum atomic E-state index is 14.0. The highest BCUT2D eigenvalue weighted by molar-refractivity contribution is 7.90. The van der Waals surface area contributed by atoms with Crippen molar-refractivity contribution in [2.75, 3.05) is 19.6 Å². The molecule has 0 spiro atoms. The maximum Gasteiger partial charge on any atom is 0.214 e. The number of sulfonamides is 1. The Kier molecular flexibility index (Phi) is 10.2. The lowest BCUT2D eigenvalue weighted by Gasteiger charge is -2.39. The largest absolute Gasteiger partial charge is 0.302 e. The number of benzene rings is 2. The molecule has 1 atom stereocenters. The molecular weight excluding hydrogens is 506 g/mol. The Labute approximate surface area is 227 Å². The van der Waals surface area contributed by atoms with Gasteiger partial charge in [0.25, 0.3) is 0 Å². The van der Waals surface area contributed by atoms with E-state index in [0.29, 0.717) is 24.1 Å². The molecule has 38 heavy (non-hydrogen) atoms. The molecule has 210 valence electrons. The zero-order valence-electron chi connectivity index (χ0n) is 23.2. The van der Waals surface area contributed by atoms with E-state index in [-0.39, 0.29) is 41.2 Å². The first-order chi connectivity index (χ1) is 17.7. The van der Waals surface area contributed by atoms with Gasteiger partial charge in [0.15, 0.2) is 0 Å². The molecule has 0 aliphatic carbocycles. The number of ketones is 1. The molecule has 0 bridgehead atoms. The maximum absolute atomic E-state index is 14.0. The van der Waals surface area contributed by atoms with Gasteiger partial charge in [-0.25, -0.2) is 21.9 Å². The SMILES string of the molecule is CC(C)S(=O)(=O)NC(CN1CCC(CC(=O)CC(c2cccc(F)c2)c2cccc(F)c2)CC1)C(C)(C)C. The van der Waals surface area contributed by atoms with Gasteiger partial charge in [-0.05, 0) is 86.5 Å². The molecule has 5 nitrogen and oxygen atoms in total. The number of carbonyl (C=O) groups excluding carboxylic acids is 1. The van der Waals surface area contributed by atoms with Gasteiger partial charge in [0.2, 0.25) is 10.0 Å². The van der Waals surface area contributed by atoms with Crippen LogP contribution in [0.4, 0.5) is 8.78 Å². The van der Waals surface area contributed by atoms with Crippen LogP contribution >= 0.6 is 0 Å². The summed E-state index contributed by atoms with van der Waals surface area (Å²) >= 11 is 0. The van der Waals surface area contributed by atoms with Crippen LogP contribution in [0, 0.1) is 23.0 Å². The van der Waals surface area contributed by atoms with Gasteiger partial charge in [-0.2, -0.15) is 0 Å². The van der Waals surface area contributed by atoms with Crippen molar-refractivity contribution in [3.05, 3.63) is 71.3 Å². The first-order valence-corrected chi connectivity index (χ1v) is 15.1. The molecule has 1 unspecified atom stereocenters. The lowest BCUT2D eigenvalue weighted by molar-refractivity contribution is -0.120. The summed E-state index contributed by atoms with van der Waals surface area (Å²) in [5.41, 5.74) is 1.09. The van der Waals surface area contributed by atoms with Crippen LogP contribution in [0.15, 0.2) is 48.5 Å². The highest BCUT2D eigenvalue weighted by Crippen LogP contribution is 2.32. The van der Waals surface area contributed by atoms with E-state index < -0.39 is 21.2 Å². The number of nitrogens with zero attached hydrogens (tertiary/aromatic N) is 1. The molecule has 8 heteroatoms. The molecule has 3 rings (SSSR count). The van der Waals surface area contributed by atoms with Crippen molar-refractivity contribution in [2.24, 2.45) is 11.3 Å². The number of likely N-dealkylation sites (tertiary alicyclic amines) is 1. The van der Waals surface area contributed by atoms with Gasteiger partial charge in [0.05, 0.1) is 5.25 Å². The Bertz CT molecular complexity index is 1140. The lowest BCUT2D eigenvalue weighted by Crippen LogP contribution is -2.53. The van der Waals surface area contributed by atoms with Gasteiger partial charge in [0, 0.05) is 31.3 Å². The third-order valence-corrected chi connectivity index (χ3v) is 9.42. The predicted octanol–water partition coefficient (Wildman–Crippen LogP) is 5.90. The van der Waals surface area contributed by atoms with Crippen LogP contribution in [0.2, 0.25) is 0 Å². The van der Waals surface area contributed by atoms with E-state index in [2.05, 4.69) is 9.62 Å². The second-order valence-corrected chi connectivity index (χ2v) is 14.3. The van der Waals surface area contributed by atoms with Crippen LogP contribution in [0.3, 0.4) is 0 Å². The molecule has 1 aliphatic rings. The molecule has 0 radical (unpaired) electrons. The van der Waals surface area contributed by atoms with Crippen LogP contribution in [0.1, 0.15) is 77.3 Å². The summed E-state index contributed by atoms with van der Waals surface area (Å²) in [5.74, 6) is -0.851. The third kappa shape index (κ3) is 8.68. The summed E-state index contributed by atoms with van der Waals surface area (Å²) in [4.78, 5) is 15.5. The van der Waals surface area contributed by atoms with Crippen molar-refractivity contribution >= 4 is 15.8 Å². The van der Waals surface area contributed by atoms with E-state index in [9.17, 15) is 22.0 Å². The number of carbonyl (C=O) groups is 1. The van der Waals surface area contributed by atoms with Crippen molar-refractivity contribution in [1.82, 2.24) is 9.62 Å². The quantitative estimate of drug-likeness (QED) is 0.380. The van der Waals surface area contributed by atoms with Gasteiger partial charge in [0.1, 0.15) is 17.4 Å². The van der Waals surface area contributed by atoms with Crippen molar-refractivity contribution in [1.29, 1.82) is 0 Å². The predicted molar refractivity (Wildman–Crippen MR) is 148 cm³/mol. The first kappa shape index (κ1) is 30.4. The van der Waals surface area contributed by atoms with Crippen molar-refractivity contribution in [2.45, 2.75) is 77.5 Å². The summed E-state index contributed by atoms with van der Waals surface area (Å²) in [7, 11) is -3.39. The molecule has 1 saturated heterocycles. The average molecular weight is 549 g/mol. The van der Waals surface area contributed by atoms with Crippen molar-refractivity contribution in [3.63, 3.8) is 0 Å². The highest BCUT2D eigenvalue weighted by Gasteiger charge is 2.33.